The Hall–Kier alpha value is -3.13. The molecule has 13 heteroatoms. The molecule has 2 aliphatic rings. The van der Waals surface area contributed by atoms with E-state index in [0.29, 0.717) is 47.1 Å². The normalized spacial score (nSPS) is 17.9. The van der Waals surface area contributed by atoms with E-state index < -0.39 is 0 Å². The molecule has 0 saturated heterocycles. The monoisotopic (exact) mass is 866 g/mol. The summed E-state index contributed by atoms with van der Waals surface area (Å²) in [6, 6.07) is 12.6. The highest BCUT2D eigenvalue weighted by Crippen LogP contribution is 2.43. The summed E-state index contributed by atoms with van der Waals surface area (Å²) in [6.07, 6.45) is 8.81. The van der Waals surface area contributed by atoms with Crippen molar-refractivity contribution in [1.29, 1.82) is 0 Å². The molecule has 0 radical (unpaired) electrons. The smallest absolute Gasteiger partial charge is 0.237 e. The van der Waals surface area contributed by atoms with E-state index >= 15 is 0 Å². The van der Waals surface area contributed by atoms with Crippen LogP contribution < -0.4 is 9.80 Å². The summed E-state index contributed by atoms with van der Waals surface area (Å²) in [5.74, 6) is -0.271. The van der Waals surface area contributed by atoms with Crippen LogP contribution >= 0.6 is 63.7 Å². The lowest BCUT2D eigenvalue weighted by Gasteiger charge is -2.37. The van der Waals surface area contributed by atoms with E-state index in [1.54, 1.807) is 21.4 Å². The lowest BCUT2D eigenvalue weighted by Crippen LogP contribution is -2.36. The molecule has 6 heterocycles. The number of ketones is 1. The summed E-state index contributed by atoms with van der Waals surface area (Å²) >= 11 is 14.6. The number of aromatic nitrogens is 6. The van der Waals surface area contributed by atoms with Crippen LogP contribution in [0.4, 0.5) is 11.4 Å². The van der Waals surface area contributed by atoms with Crippen LogP contribution in [-0.2, 0) is 12.8 Å². The molecule has 0 aliphatic carbocycles. The average Bonchev–Trinajstić information content (AvgIpc) is 3.60. The second kappa shape index (κ2) is 11.5. The lowest BCUT2D eigenvalue weighted by molar-refractivity contribution is 0.103. The molecule has 4 aromatic heterocycles. The lowest BCUT2D eigenvalue weighted by atomic mass is 9.92. The number of carbonyl (C=O) groups is 1. The van der Waals surface area contributed by atoms with Crippen LogP contribution in [-0.4, -0.2) is 48.1 Å². The summed E-state index contributed by atoms with van der Waals surface area (Å²) in [5.41, 5.74) is 8.27. The van der Waals surface area contributed by atoms with Gasteiger partial charge in [-0.3, -0.25) is 4.79 Å². The van der Waals surface area contributed by atoms with Crippen LogP contribution in [0.5, 0.6) is 0 Å². The first-order chi connectivity index (χ1) is 22.2. The van der Waals surface area contributed by atoms with Gasteiger partial charge in [0.05, 0.1) is 21.0 Å². The van der Waals surface area contributed by atoms with Crippen molar-refractivity contribution >= 4 is 92.2 Å². The van der Waals surface area contributed by atoms with E-state index in [1.165, 1.54) is 22.3 Å². The predicted octanol–water partition coefficient (Wildman–Crippen LogP) is 8.30. The van der Waals surface area contributed by atoms with Gasteiger partial charge >= 0.3 is 0 Å². The second-order valence-corrected chi connectivity index (χ2v) is 15.2. The Labute approximate surface area is 298 Å². The number of benzene rings is 2. The Bertz CT molecular complexity index is 2060. The number of anilines is 2. The van der Waals surface area contributed by atoms with Crippen LogP contribution in [0.25, 0.3) is 11.3 Å². The molecule has 0 fully saturated rings. The summed E-state index contributed by atoms with van der Waals surface area (Å²) in [6.45, 7) is 5.75. The van der Waals surface area contributed by atoms with Crippen molar-refractivity contribution in [2.45, 2.75) is 38.8 Å². The Balaban J connectivity index is 1.31. The number of hydrogen-bond donors (Lipinski definition) is 0. The largest absolute Gasteiger partial charge is 0.359 e. The van der Waals surface area contributed by atoms with Gasteiger partial charge in [0.15, 0.2) is 22.7 Å². The molecule has 2 atom stereocenters. The van der Waals surface area contributed by atoms with Gasteiger partial charge in [-0.25, -0.2) is 19.0 Å². The molecule has 2 aromatic carbocycles. The molecule has 0 spiro atoms. The number of carbonyl (C=O) groups excluding carboxylic acids is 1. The molecule has 0 amide bonds. The SMILES string of the molecule is CC1c2cccc(Br)c2CCN1c1c(C(=O)c2nn3cc(Br)cnc3c2N2CCc3c(Br)cccc3C2C)nn2cc(Br)cnc12. The molecular weight excluding hydrogens is 844 g/mol. The quantitative estimate of drug-likeness (QED) is 0.165. The number of halogens is 4. The van der Waals surface area contributed by atoms with Crippen molar-refractivity contribution in [3.05, 3.63) is 113 Å². The summed E-state index contributed by atoms with van der Waals surface area (Å²) in [4.78, 5) is 29.0. The van der Waals surface area contributed by atoms with Gasteiger partial charge < -0.3 is 9.80 Å². The summed E-state index contributed by atoms with van der Waals surface area (Å²) < 4.78 is 7.13. The molecule has 46 heavy (non-hydrogen) atoms. The Morgan fingerprint density at radius 2 is 1.13 bits per heavy atom. The van der Waals surface area contributed by atoms with Crippen molar-refractivity contribution in [3.8, 4) is 0 Å². The number of hydrogen-bond acceptors (Lipinski definition) is 7. The molecule has 2 unspecified atom stereocenters. The van der Waals surface area contributed by atoms with E-state index in [2.05, 4.69) is 124 Å². The molecule has 6 aromatic rings. The third kappa shape index (κ3) is 4.76. The molecule has 2 aliphatic heterocycles. The number of rotatable bonds is 4. The first-order valence-corrected chi connectivity index (χ1v) is 18.1. The molecule has 8 rings (SSSR count). The van der Waals surface area contributed by atoms with Crippen molar-refractivity contribution in [2.75, 3.05) is 22.9 Å². The van der Waals surface area contributed by atoms with Crippen LogP contribution in [0.1, 0.15) is 64.4 Å². The van der Waals surface area contributed by atoms with E-state index in [1.807, 2.05) is 12.4 Å². The zero-order valence-corrected chi connectivity index (χ0v) is 31.1. The van der Waals surface area contributed by atoms with Crippen LogP contribution in [0.15, 0.2) is 79.1 Å². The summed E-state index contributed by atoms with van der Waals surface area (Å²) in [7, 11) is 0. The highest BCUT2D eigenvalue weighted by atomic mass is 79.9. The third-order valence-electron chi connectivity index (χ3n) is 9.19. The fraction of sp³-hybridized carbons (Fsp3) is 0.242. The average molecular weight is 870 g/mol. The molecule has 9 nitrogen and oxygen atoms in total. The van der Waals surface area contributed by atoms with Crippen LogP contribution in [0.2, 0.25) is 0 Å². The highest BCUT2D eigenvalue weighted by molar-refractivity contribution is 9.11. The predicted molar refractivity (Wildman–Crippen MR) is 192 cm³/mol. The fourth-order valence-electron chi connectivity index (χ4n) is 7.01. The highest BCUT2D eigenvalue weighted by Gasteiger charge is 2.37. The first kappa shape index (κ1) is 30.2. The standard InChI is InChI=1S/C33H26Br4N8O/c1-17-21-5-3-7-25(36)23(21)9-11-42(17)29-27(40-44-15-19(34)13-38-32(29)44)31(46)28-30(33-39-14-20(35)16-45(33)41-28)43-12-10-24-22(18(43)2)6-4-8-26(24)37/h3-8,13-18H,9-12H2,1-2H3. The minimum atomic E-state index is -0.271. The summed E-state index contributed by atoms with van der Waals surface area (Å²) in [5, 5.41) is 9.79. The molecule has 0 bridgehead atoms. The van der Waals surface area contributed by atoms with E-state index in [0.717, 1.165) is 30.7 Å². The maximum absolute atomic E-state index is 15.0. The van der Waals surface area contributed by atoms with Gasteiger partial charge in [-0.05, 0) is 92.9 Å². The number of fused-ring (bicyclic) bond motifs is 4. The van der Waals surface area contributed by atoms with E-state index in [9.17, 15) is 4.79 Å². The van der Waals surface area contributed by atoms with Gasteiger partial charge in [-0.15, -0.1) is 0 Å². The van der Waals surface area contributed by atoms with E-state index in [-0.39, 0.29) is 17.9 Å². The molecular formula is C33H26Br4N8O. The first-order valence-electron chi connectivity index (χ1n) is 14.9. The Kier molecular flexibility index (Phi) is 7.58. The van der Waals surface area contributed by atoms with Gasteiger partial charge in [-0.1, -0.05) is 56.1 Å². The van der Waals surface area contributed by atoms with Gasteiger partial charge in [-0.2, -0.15) is 10.2 Å². The van der Waals surface area contributed by atoms with Crippen molar-refractivity contribution in [2.24, 2.45) is 0 Å². The topological polar surface area (TPSA) is 83.9 Å². The maximum Gasteiger partial charge on any atom is 0.237 e. The van der Waals surface area contributed by atoms with Gasteiger partial charge in [0, 0.05) is 46.8 Å². The molecule has 0 saturated carbocycles. The maximum atomic E-state index is 15.0. The minimum Gasteiger partial charge on any atom is -0.359 e. The molecule has 232 valence electrons. The van der Waals surface area contributed by atoms with Gasteiger partial charge in [0.1, 0.15) is 11.4 Å². The Morgan fingerprint density at radius 3 is 1.57 bits per heavy atom. The van der Waals surface area contributed by atoms with Crippen molar-refractivity contribution in [1.82, 2.24) is 29.2 Å². The molecule has 0 N–H and O–H groups in total. The van der Waals surface area contributed by atoms with Crippen molar-refractivity contribution < 1.29 is 4.79 Å². The number of nitrogens with zero attached hydrogens (tertiary/aromatic N) is 8. The second-order valence-electron chi connectivity index (χ2n) is 11.7. The minimum absolute atomic E-state index is 0.0125. The zero-order chi connectivity index (χ0) is 31.9. The van der Waals surface area contributed by atoms with Crippen LogP contribution in [0, 0.1) is 0 Å². The van der Waals surface area contributed by atoms with Gasteiger partial charge in [0.2, 0.25) is 5.78 Å². The van der Waals surface area contributed by atoms with Gasteiger partial charge in [0.25, 0.3) is 0 Å². The fourth-order valence-corrected chi connectivity index (χ4v) is 8.76. The third-order valence-corrected chi connectivity index (χ3v) is 11.5. The van der Waals surface area contributed by atoms with E-state index in [4.69, 9.17) is 20.2 Å². The Morgan fingerprint density at radius 1 is 0.696 bits per heavy atom. The zero-order valence-electron chi connectivity index (χ0n) is 24.8. The van der Waals surface area contributed by atoms with Crippen molar-refractivity contribution in [3.63, 3.8) is 0 Å². The van der Waals surface area contributed by atoms with Crippen LogP contribution in [0.3, 0.4) is 0 Å².